The maximum Gasteiger partial charge on any atom is 0.422 e. The molecule has 2 amide bonds. The Morgan fingerprint density at radius 2 is 1.76 bits per heavy atom. The maximum absolute atomic E-state index is 12.8. The first-order valence-electron chi connectivity index (χ1n) is 6.88. The third-order valence-corrected chi connectivity index (χ3v) is 4.38. The van der Waals surface area contributed by atoms with Crippen LogP contribution in [0, 0.1) is 11.8 Å². The lowest BCUT2D eigenvalue weighted by molar-refractivity contribution is -0.203. The van der Waals surface area contributed by atoms with Gasteiger partial charge >= 0.3 is 18.2 Å². The second-order valence-electron chi connectivity index (χ2n) is 5.90. The van der Waals surface area contributed by atoms with Crippen LogP contribution in [-0.2, 0) is 4.79 Å². The highest BCUT2D eigenvalue weighted by atomic mass is 19.4. The van der Waals surface area contributed by atoms with Gasteiger partial charge in [0.15, 0.2) is 0 Å². The summed E-state index contributed by atoms with van der Waals surface area (Å²) in [4.78, 5) is 22.6. The van der Waals surface area contributed by atoms with Gasteiger partial charge in [0, 0.05) is 6.04 Å². The standard InChI is InChI=1S/C13H21F3N2O3/c1-7-5-4-6-9(8(7)2)17-11(21)18-12(3,10(19)20)13(14,15)16/h7-9H,4-6H2,1-3H3,(H,19,20)(H2,17,18,21). The molecule has 122 valence electrons. The number of alkyl halides is 3. The summed E-state index contributed by atoms with van der Waals surface area (Å²) in [6.07, 6.45) is -2.52. The number of halogens is 3. The number of rotatable bonds is 3. The summed E-state index contributed by atoms with van der Waals surface area (Å²) >= 11 is 0. The zero-order chi connectivity index (χ0) is 16.4. The van der Waals surface area contributed by atoms with Crippen LogP contribution in [0.2, 0.25) is 0 Å². The fourth-order valence-electron chi connectivity index (χ4n) is 2.46. The van der Waals surface area contributed by atoms with Gasteiger partial charge < -0.3 is 15.7 Å². The van der Waals surface area contributed by atoms with Gasteiger partial charge in [-0.05, 0) is 25.2 Å². The molecule has 0 spiro atoms. The van der Waals surface area contributed by atoms with Crippen molar-refractivity contribution in [1.82, 2.24) is 10.6 Å². The SMILES string of the molecule is CC1CCCC(NC(=O)NC(C)(C(=O)O)C(F)(F)F)C1C. The quantitative estimate of drug-likeness (QED) is 0.749. The number of amides is 2. The van der Waals surface area contributed by atoms with Gasteiger partial charge in [0.05, 0.1) is 0 Å². The molecule has 4 unspecified atom stereocenters. The van der Waals surface area contributed by atoms with E-state index in [0.29, 0.717) is 19.3 Å². The van der Waals surface area contributed by atoms with Gasteiger partial charge in [-0.25, -0.2) is 9.59 Å². The maximum atomic E-state index is 12.8. The largest absolute Gasteiger partial charge is 0.479 e. The minimum absolute atomic E-state index is 0.131. The zero-order valence-corrected chi connectivity index (χ0v) is 12.3. The molecule has 0 radical (unpaired) electrons. The molecule has 0 aromatic rings. The highest BCUT2D eigenvalue weighted by molar-refractivity contribution is 5.86. The number of urea groups is 1. The molecular formula is C13H21F3N2O3. The monoisotopic (exact) mass is 310 g/mol. The summed E-state index contributed by atoms with van der Waals surface area (Å²) in [5.41, 5.74) is -3.30. The molecule has 1 saturated carbocycles. The summed E-state index contributed by atoms with van der Waals surface area (Å²) < 4.78 is 38.4. The smallest absolute Gasteiger partial charge is 0.422 e. The first kappa shape index (κ1) is 17.6. The zero-order valence-electron chi connectivity index (χ0n) is 12.3. The molecular weight excluding hydrogens is 289 g/mol. The van der Waals surface area contributed by atoms with Gasteiger partial charge in [-0.1, -0.05) is 26.7 Å². The highest BCUT2D eigenvalue weighted by Crippen LogP contribution is 2.31. The fraction of sp³-hybridized carbons (Fsp3) is 0.846. The summed E-state index contributed by atoms with van der Waals surface area (Å²) in [6, 6.07) is -1.36. The third kappa shape index (κ3) is 3.79. The van der Waals surface area contributed by atoms with Gasteiger partial charge in [-0.15, -0.1) is 0 Å². The molecule has 0 heterocycles. The Morgan fingerprint density at radius 1 is 1.19 bits per heavy atom. The number of aliphatic carboxylic acids is 1. The first-order valence-corrected chi connectivity index (χ1v) is 6.88. The summed E-state index contributed by atoms with van der Waals surface area (Å²) in [5, 5.41) is 12.8. The number of carboxylic acids is 1. The molecule has 0 aliphatic heterocycles. The van der Waals surface area contributed by atoms with Crippen molar-refractivity contribution in [2.24, 2.45) is 11.8 Å². The number of hydrogen-bond donors (Lipinski definition) is 3. The molecule has 8 heteroatoms. The number of hydrogen-bond acceptors (Lipinski definition) is 2. The number of carbonyl (C=O) groups excluding carboxylic acids is 1. The van der Waals surface area contributed by atoms with E-state index in [9.17, 15) is 22.8 Å². The van der Waals surface area contributed by atoms with E-state index in [0.717, 1.165) is 12.8 Å². The van der Waals surface area contributed by atoms with E-state index in [1.807, 2.05) is 13.8 Å². The molecule has 1 fully saturated rings. The molecule has 21 heavy (non-hydrogen) atoms. The van der Waals surface area contributed by atoms with Crippen LogP contribution in [-0.4, -0.2) is 34.9 Å². The normalized spacial score (nSPS) is 29.3. The molecule has 1 rings (SSSR count). The Hall–Kier alpha value is -1.47. The number of carboxylic acid groups (broad SMARTS) is 1. The van der Waals surface area contributed by atoms with Crippen LogP contribution < -0.4 is 10.6 Å². The molecule has 5 nitrogen and oxygen atoms in total. The van der Waals surface area contributed by atoms with Crippen molar-refractivity contribution in [3.05, 3.63) is 0 Å². The van der Waals surface area contributed by atoms with Crippen LogP contribution in [0.4, 0.5) is 18.0 Å². The van der Waals surface area contributed by atoms with Crippen LogP contribution in [0.5, 0.6) is 0 Å². The Morgan fingerprint density at radius 3 is 2.24 bits per heavy atom. The average molecular weight is 310 g/mol. The van der Waals surface area contributed by atoms with Crippen molar-refractivity contribution in [3.8, 4) is 0 Å². The van der Waals surface area contributed by atoms with Gasteiger partial charge in [-0.2, -0.15) is 13.2 Å². The van der Waals surface area contributed by atoms with E-state index in [1.54, 1.807) is 5.32 Å². The van der Waals surface area contributed by atoms with Crippen LogP contribution in [0.3, 0.4) is 0 Å². The Bertz CT molecular complexity index is 414. The lowest BCUT2D eigenvalue weighted by atomic mass is 9.78. The summed E-state index contributed by atoms with van der Waals surface area (Å²) in [5.74, 6) is -1.65. The van der Waals surface area contributed by atoms with Crippen LogP contribution >= 0.6 is 0 Å². The topological polar surface area (TPSA) is 78.4 Å². The van der Waals surface area contributed by atoms with Crippen molar-refractivity contribution in [2.45, 2.75) is 57.8 Å². The second kappa shape index (κ2) is 6.11. The molecule has 0 aromatic carbocycles. The highest BCUT2D eigenvalue weighted by Gasteiger charge is 2.58. The van der Waals surface area contributed by atoms with E-state index in [-0.39, 0.29) is 12.0 Å². The van der Waals surface area contributed by atoms with Crippen LogP contribution in [0.1, 0.15) is 40.0 Å². The fourth-order valence-corrected chi connectivity index (χ4v) is 2.46. The average Bonchev–Trinajstić information content (AvgIpc) is 2.33. The van der Waals surface area contributed by atoms with E-state index in [1.165, 1.54) is 0 Å². The van der Waals surface area contributed by atoms with Gasteiger partial charge in [-0.3, -0.25) is 0 Å². The van der Waals surface area contributed by atoms with Crippen molar-refractivity contribution >= 4 is 12.0 Å². The van der Waals surface area contributed by atoms with Crippen molar-refractivity contribution in [2.75, 3.05) is 0 Å². The van der Waals surface area contributed by atoms with E-state index in [4.69, 9.17) is 5.11 Å². The minimum atomic E-state index is -5.08. The Kier molecular flexibility index (Phi) is 5.11. The molecule has 1 aliphatic rings. The molecule has 1 aliphatic carbocycles. The molecule has 0 saturated heterocycles. The molecule has 4 atom stereocenters. The predicted molar refractivity (Wildman–Crippen MR) is 69.7 cm³/mol. The van der Waals surface area contributed by atoms with Gasteiger partial charge in [0.25, 0.3) is 0 Å². The van der Waals surface area contributed by atoms with Crippen molar-refractivity contribution < 1.29 is 27.9 Å². The van der Waals surface area contributed by atoms with Gasteiger partial charge in [0.1, 0.15) is 0 Å². The van der Waals surface area contributed by atoms with E-state index < -0.39 is 23.7 Å². The summed E-state index contributed by atoms with van der Waals surface area (Å²) in [6.45, 7) is 4.38. The lowest BCUT2D eigenvalue weighted by Crippen LogP contribution is -2.64. The van der Waals surface area contributed by atoms with Crippen LogP contribution in [0.15, 0.2) is 0 Å². The van der Waals surface area contributed by atoms with E-state index >= 15 is 0 Å². The Balaban J connectivity index is 2.74. The minimum Gasteiger partial charge on any atom is -0.479 e. The van der Waals surface area contributed by atoms with Crippen molar-refractivity contribution in [3.63, 3.8) is 0 Å². The number of nitrogens with one attached hydrogen (secondary N) is 2. The summed E-state index contributed by atoms with van der Waals surface area (Å²) in [7, 11) is 0. The predicted octanol–water partition coefficient (Wildman–Crippen LogP) is 2.52. The molecule has 3 N–H and O–H groups in total. The third-order valence-electron chi connectivity index (χ3n) is 4.38. The lowest BCUT2D eigenvalue weighted by Gasteiger charge is -2.36. The number of carbonyl (C=O) groups is 2. The van der Waals surface area contributed by atoms with Crippen molar-refractivity contribution in [1.29, 1.82) is 0 Å². The van der Waals surface area contributed by atoms with Gasteiger partial charge in [0.2, 0.25) is 5.54 Å². The Labute approximate surface area is 121 Å². The second-order valence-corrected chi connectivity index (χ2v) is 5.90. The van der Waals surface area contributed by atoms with E-state index in [2.05, 4.69) is 5.32 Å². The van der Waals surface area contributed by atoms with Crippen LogP contribution in [0.25, 0.3) is 0 Å². The molecule has 0 aromatic heterocycles. The first-order chi connectivity index (χ1) is 9.49. The molecule has 0 bridgehead atoms.